The fourth-order valence-electron chi connectivity index (χ4n) is 1.30. The summed E-state index contributed by atoms with van der Waals surface area (Å²) in [5.74, 6) is 0.650. The van der Waals surface area contributed by atoms with Crippen molar-refractivity contribution in [3.8, 4) is 0 Å². The molecule has 0 spiro atoms. The fraction of sp³-hybridized carbons (Fsp3) is 1.00. The van der Waals surface area contributed by atoms with Crippen molar-refractivity contribution in [1.29, 1.82) is 0 Å². The number of ether oxygens (including phenoxy) is 3. The van der Waals surface area contributed by atoms with E-state index in [0.717, 1.165) is 19.6 Å². The van der Waals surface area contributed by atoms with Gasteiger partial charge in [0, 0.05) is 13.2 Å². The van der Waals surface area contributed by atoms with Crippen LogP contribution in [0.5, 0.6) is 0 Å². The molecule has 0 rings (SSSR count). The molecule has 0 heterocycles. The Kier molecular flexibility index (Phi) is 13.8. The number of unbranched alkanes of at least 4 members (excludes halogenated alkanes) is 2. The third-order valence-electron chi connectivity index (χ3n) is 2.74. The van der Waals surface area contributed by atoms with Crippen LogP contribution >= 0.6 is 0 Å². The van der Waals surface area contributed by atoms with Crippen molar-refractivity contribution in [2.45, 2.75) is 46.5 Å². The second kappa shape index (κ2) is 13.9. The van der Waals surface area contributed by atoms with Gasteiger partial charge in [-0.05, 0) is 12.3 Å². The van der Waals surface area contributed by atoms with E-state index >= 15 is 0 Å². The molecule has 17 heavy (non-hydrogen) atoms. The van der Waals surface area contributed by atoms with Gasteiger partial charge >= 0.3 is 0 Å². The van der Waals surface area contributed by atoms with Crippen molar-refractivity contribution in [2.24, 2.45) is 5.92 Å². The summed E-state index contributed by atoms with van der Waals surface area (Å²) in [6.45, 7) is 11.0. The number of hydrogen-bond acceptors (Lipinski definition) is 3. The molecule has 1 unspecified atom stereocenters. The summed E-state index contributed by atoms with van der Waals surface area (Å²) in [6, 6.07) is 0. The van der Waals surface area contributed by atoms with Gasteiger partial charge in [0.05, 0.1) is 26.4 Å². The normalized spacial score (nSPS) is 12.9. The van der Waals surface area contributed by atoms with Gasteiger partial charge in [0.15, 0.2) is 0 Å². The molecule has 0 aliphatic rings. The van der Waals surface area contributed by atoms with Crippen molar-refractivity contribution in [1.82, 2.24) is 0 Å². The molecule has 0 bridgehead atoms. The van der Waals surface area contributed by atoms with Gasteiger partial charge in [0.25, 0.3) is 0 Å². The van der Waals surface area contributed by atoms with Crippen LogP contribution in [0.1, 0.15) is 46.5 Å². The molecule has 0 aliphatic carbocycles. The maximum absolute atomic E-state index is 5.48. The summed E-state index contributed by atoms with van der Waals surface area (Å²) in [6.07, 6.45) is 4.83. The third kappa shape index (κ3) is 13.8. The van der Waals surface area contributed by atoms with Gasteiger partial charge in [-0.2, -0.15) is 0 Å². The minimum Gasteiger partial charge on any atom is -0.379 e. The van der Waals surface area contributed by atoms with E-state index in [9.17, 15) is 0 Å². The first-order chi connectivity index (χ1) is 8.31. The zero-order chi connectivity index (χ0) is 12.8. The smallest absolute Gasteiger partial charge is 0.0701 e. The molecule has 0 aromatic heterocycles. The largest absolute Gasteiger partial charge is 0.379 e. The highest BCUT2D eigenvalue weighted by Gasteiger charge is 1.97. The number of rotatable bonds is 13. The quantitative estimate of drug-likeness (QED) is 0.467. The van der Waals surface area contributed by atoms with Crippen molar-refractivity contribution < 1.29 is 14.2 Å². The second-order valence-electron chi connectivity index (χ2n) is 4.52. The van der Waals surface area contributed by atoms with Crippen LogP contribution in [0, 0.1) is 5.92 Å². The Hall–Kier alpha value is -0.120. The molecular weight excluding hydrogens is 216 g/mol. The predicted molar refractivity (Wildman–Crippen MR) is 71.4 cm³/mol. The Labute approximate surface area is 107 Å². The van der Waals surface area contributed by atoms with Crippen molar-refractivity contribution >= 4 is 0 Å². The topological polar surface area (TPSA) is 27.7 Å². The van der Waals surface area contributed by atoms with Crippen molar-refractivity contribution in [2.75, 3.05) is 39.6 Å². The lowest BCUT2D eigenvalue weighted by Crippen LogP contribution is -2.12. The van der Waals surface area contributed by atoms with Crippen LogP contribution in [0.25, 0.3) is 0 Å². The first-order valence-corrected chi connectivity index (χ1v) is 7.04. The van der Waals surface area contributed by atoms with Crippen molar-refractivity contribution in [3.05, 3.63) is 0 Å². The Morgan fingerprint density at radius 3 is 1.94 bits per heavy atom. The highest BCUT2D eigenvalue weighted by atomic mass is 16.5. The van der Waals surface area contributed by atoms with Crippen LogP contribution in [0.15, 0.2) is 0 Å². The van der Waals surface area contributed by atoms with E-state index < -0.39 is 0 Å². The second-order valence-corrected chi connectivity index (χ2v) is 4.52. The summed E-state index contributed by atoms with van der Waals surface area (Å²) in [5, 5.41) is 0. The molecule has 0 radical (unpaired) electrons. The Bertz CT molecular complexity index is 139. The molecule has 1 atom stereocenters. The molecule has 0 aromatic rings. The highest BCUT2D eigenvalue weighted by Crippen LogP contribution is 2.00. The molecule has 0 saturated carbocycles. The minimum absolute atomic E-state index is 0.650. The van der Waals surface area contributed by atoms with Gasteiger partial charge < -0.3 is 14.2 Å². The van der Waals surface area contributed by atoms with E-state index in [1.165, 1.54) is 19.3 Å². The van der Waals surface area contributed by atoms with E-state index in [1.54, 1.807) is 0 Å². The Morgan fingerprint density at radius 1 is 0.765 bits per heavy atom. The highest BCUT2D eigenvalue weighted by molar-refractivity contribution is 4.45. The first-order valence-electron chi connectivity index (χ1n) is 7.04. The molecule has 0 saturated heterocycles. The summed E-state index contributed by atoms with van der Waals surface area (Å²) < 4.78 is 16.3. The molecule has 0 aliphatic heterocycles. The van der Waals surface area contributed by atoms with Crippen molar-refractivity contribution in [3.63, 3.8) is 0 Å². The third-order valence-corrected chi connectivity index (χ3v) is 2.74. The van der Waals surface area contributed by atoms with Crippen LogP contribution in [0.2, 0.25) is 0 Å². The standard InChI is InChI=1S/C14H30O3/c1-4-6-7-8-15-9-10-16-11-12-17-13-14(3)5-2/h14H,4-13H2,1-3H3. The summed E-state index contributed by atoms with van der Waals surface area (Å²) in [7, 11) is 0. The summed E-state index contributed by atoms with van der Waals surface area (Å²) in [5.41, 5.74) is 0. The van der Waals surface area contributed by atoms with E-state index in [1.807, 2.05) is 0 Å². The molecule has 104 valence electrons. The van der Waals surface area contributed by atoms with Crippen LogP contribution in [0.4, 0.5) is 0 Å². The Morgan fingerprint density at radius 2 is 1.35 bits per heavy atom. The molecule has 0 N–H and O–H groups in total. The first kappa shape index (κ1) is 16.9. The minimum atomic E-state index is 0.650. The maximum atomic E-state index is 5.48. The molecular formula is C14H30O3. The molecule has 0 amide bonds. The zero-order valence-corrected chi connectivity index (χ0v) is 11.9. The summed E-state index contributed by atoms with van der Waals surface area (Å²) in [4.78, 5) is 0. The fourth-order valence-corrected chi connectivity index (χ4v) is 1.30. The number of hydrogen-bond donors (Lipinski definition) is 0. The average molecular weight is 246 g/mol. The van der Waals surface area contributed by atoms with Gasteiger partial charge in [-0.1, -0.05) is 40.0 Å². The van der Waals surface area contributed by atoms with E-state index in [2.05, 4.69) is 20.8 Å². The lowest BCUT2D eigenvalue weighted by Gasteiger charge is -2.09. The summed E-state index contributed by atoms with van der Waals surface area (Å²) >= 11 is 0. The van der Waals surface area contributed by atoms with Crippen LogP contribution in [0.3, 0.4) is 0 Å². The van der Waals surface area contributed by atoms with Crippen LogP contribution in [-0.4, -0.2) is 39.6 Å². The van der Waals surface area contributed by atoms with Gasteiger partial charge in [-0.15, -0.1) is 0 Å². The van der Waals surface area contributed by atoms with Gasteiger partial charge in [-0.3, -0.25) is 0 Å². The van der Waals surface area contributed by atoms with E-state index in [0.29, 0.717) is 32.3 Å². The SMILES string of the molecule is CCCCCOCCOCCOCC(C)CC. The molecule has 0 aromatic carbocycles. The lowest BCUT2D eigenvalue weighted by atomic mass is 10.1. The molecule has 3 nitrogen and oxygen atoms in total. The Balaban J connectivity index is 2.94. The lowest BCUT2D eigenvalue weighted by molar-refractivity contribution is 0.00775. The molecule has 0 fully saturated rings. The van der Waals surface area contributed by atoms with Gasteiger partial charge in [0.1, 0.15) is 0 Å². The maximum Gasteiger partial charge on any atom is 0.0701 e. The predicted octanol–water partition coefficient (Wildman–Crippen LogP) is 3.27. The zero-order valence-electron chi connectivity index (χ0n) is 11.9. The average Bonchev–Trinajstić information content (AvgIpc) is 2.35. The molecule has 3 heteroatoms. The van der Waals surface area contributed by atoms with E-state index in [-0.39, 0.29) is 0 Å². The van der Waals surface area contributed by atoms with Crippen LogP contribution in [-0.2, 0) is 14.2 Å². The van der Waals surface area contributed by atoms with Gasteiger partial charge in [0.2, 0.25) is 0 Å². The monoisotopic (exact) mass is 246 g/mol. The van der Waals surface area contributed by atoms with Gasteiger partial charge in [-0.25, -0.2) is 0 Å². The van der Waals surface area contributed by atoms with Crippen LogP contribution < -0.4 is 0 Å². The van der Waals surface area contributed by atoms with E-state index in [4.69, 9.17) is 14.2 Å².